The minimum atomic E-state index is -0.309. The topological polar surface area (TPSA) is 44.4 Å². The Morgan fingerprint density at radius 1 is 1.44 bits per heavy atom. The molecular formula is C13H20FN3O. The fourth-order valence-electron chi connectivity index (χ4n) is 1.62. The van der Waals surface area contributed by atoms with Crippen molar-refractivity contribution in [1.29, 1.82) is 0 Å². The van der Waals surface area contributed by atoms with Gasteiger partial charge in [-0.25, -0.2) is 4.39 Å². The van der Waals surface area contributed by atoms with Crippen molar-refractivity contribution in [2.24, 2.45) is 0 Å². The molecule has 0 fully saturated rings. The van der Waals surface area contributed by atoms with Crippen LogP contribution in [0.4, 0.5) is 10.1 Å². The molecule has 0 saturated heterocycles. The summed E-state index contributed by atoms with van der Waals surface area (Å²) in [6.07, 6.45) is 0. The van der Waals surface area contributed by atoms with Gasteiger partial charge >= 0.3 is 0 Å². The number of anilines is 1. The summed E-state index contributed by atoms with van der Waals surface area (Å²) in [4.78, 5) is 12.8. The average Bonchev–Trinajstić information content (AvgIpc) is 2.36. The summed E-state index contributed by atoms with van der Waals surface area (Å²) in [6.45, 7) is 3.63. The molecule has 0 unspecified atom stereocenters. The van der Waals surface area contributed by atoms with Crippen LogP contribution in [0.2, 0.25) is 0 Å². The molecule has 1 aromatic carbocycles. The second kappa shape index (κ2) is 6.96. The van der Waals surface area contributed by atoms with Crippen LogP contribution in [0.1, 0.15) is 12.5 Å². The molecule has 0 aliphatic rings. The highest BCUT2D eigenvalue weighted by Crippen LogP contribution is 2.19. The van der Waals surface area contributed by atoms with E-state index in [-0.39, 0.29) is 18.3 Å². The SMILES string of the molecule is CCNCc1ccc(N(C)CC(=O)NC)c(F)c1. The summed E-state index contributed by atoms with van der Waals surface area (Å²) >= 11 is 0. The normalized spacial score (nSPS) is 10.2. The number of hydrogen-bond donors (Lipinski definition) is 2. The van der Waals surface area contributed by atoms with Gasteiger partial charge in [-0.2, -0.15) is 0 Å². The number of nitrogens with one attached hydrogen (secondary N) is 2. The maximum Gasteiger partial charge on any atom is 0.239 e. The Bertz CT molecular complexity index is 409. The number of rotatable bonds is 6. The highest BCUT2D eigenvalue weighted by molar-refractivity contribution is 5.80. The first-order chi connectivity index (χ1) is 8.58. The molecule has 0 heterocycles. The molecule has 0 spiro atoms. The number of nitrogens with zero attached hydrogens (tertiary/aromatic N) is 1. The lowest BCUT2D eigenvalue weighted by Gasteiger charge is -2.19. The van der Waals surface area contributed by atoms with Crippen molar-refractivity contribution in [1.82, 2.24) is 10.6 Å². The summed E-state index contributed by atoms with van der Waals surface area (Å²) in [6, 6.07) is 5.06. The second-order valence-electron chi connectivity index (χ2n) is 4.10. The fourth-order valence-corrected chi connectivity index (χ4v) is 1.62. The van der Waals surface area contributed by atoms with Crippen LogP contribution < -0.4 is 15.5 Å². The number of benzene rings is 1. The molecule has 0 bridgehead atoms. The molecule has 4 nitrogen and oxygen atoms in total. The van der Waals surface area contributed by atoms with E-state index < -0.39 is 0 Å². The van der Waals surface area contributed by atoms with Gasteiger partial charge in [0.25, 0.3) is 0 Å². The Hall–Kier alpha value is -1.62. The molecule has 0 radical (unpaired) electrons. The third-order valence-electron chi connectivity index (χ3n) is 2.66. The maximum absolute atomic E-state index is 13.9. The first kappa shape index (κ1) is 14.4. The zero-order chi connectivity index (χ0) is 13.5. The lowest BCUT2D eigenvalue weighted by atomic mass is 10.2. The standard InChI is InChI=1S/C13H20FN3O/c1-4-16-8-10-5-6-12(11(14)7-10)17(3)9-13(18)15-2/h5-7,16H,4,8-9H2,1-3H3,(H,15,18). The van der Waals surface area contributed by atoms with E-state index in [1.807, 2.05) is 13.0 Å². The van der Waals surface area contributed by atoms with Crippen molar-refractivity contribution < 1.29 is 9.18 Å². The van der Waals surface area contributed by atoms with Crippen molar-refractivity contribution in [3.05, 3.63) is 29.6 Å². The third-order valence-corrected chi connectivity index (χ3v) is 2.66. The quantitative estimate of drug-likeness (QED) is 0.798. The highest BCUT2D eigenvalue weighted by Gasteiger charge is 2.10. The van der Waals surface area contributed by atoms with Crippen LogP contribution in [0.5, 0.6) is 0 Å². The van der Waals surface area contributed by atoms with Crippen molar-refractivity contribution in [3.8, 4) is 0 Å². The van der Waals surface area contributed by atoms with Crippen LogP contribution in [0, 0.1) is 5.82 Å². The number of amides is 1. The van der Waals surface area contributed by atoms with Gasteiger partial charge in [-0.15, -0.1) is 0 Å². The van der Waals surface area contributed by atoms with E-state index in [0.717, 1.165) is 12.1 Å². The van der Waals surface area contributed by atoms with Gasteiger partial charge in [0.2, 0.25) is 5.91 Å². The minimum Gasteiger partial charge on any atom is -0.363 e. The van der Waals surface area contributed by atoms with Crippen molar-refractivity contribution in [2.75, 3.05) is 32.1 Å². The number of carbonyl (C=O) groups is 1. The molecule has 1 rings (SSSR count). The molecule has 5 heteroatoms. The fraction of sp³-hybridized carbons (Fsp3) is 0.462. The molecule has 0 atom stereocenters. The summed E-state index contributed by atoms with van der Waals surface area (Å²) in [5.74, 6) is -0.453. The van der Waals surface area contributed by atoms with Gasteiger partial charge in [0.1, 0.15) is 5.82 Å². The maximum atomic E-state index is 13.9. The summed E-state index contributed by atoms with van der Waals surface area (Å²) < 4.78 is 13.9. The second-order valence-corrected chi connectivity index (χ2v) is 4.10. The Balaban J connectivity index is 2.75. The molecule has 2 N–H and O–H groups in total. The first-order valence-electron chi connectivity index (χ1n) is 5.99. The number of carbonyl (C=O) groups excluding carboxylic acids is 1. The van der Waals surface area contributed by atoms with E-state index in [4.69, 9.17) is 0 Å². The average molecular weight is 253 g/mol. The van der Waals surface area contributed by atoms with E-state index in [9.17, 15) is 9.18 Å². The Labute approximate surface area is 107 Å². The van der Waals surface area contributed by atoms with Crippen LogP contribution in [0.3, 0.4) is 0 Å². The van der Waals surface area contributed by atoms with E-state index in [2.05, 4.69) is 10.6 Å². The van der Waals surface area contributed by atoms with Crippen molar-refractivity contribution in [2.45, 2.75) is 13.5 Å². The molecule has 100 valence electrons. The first-order valence-corrected chi connectivity index (χ1v) is 5.99. The van der Waals surface area contributed by atoms with Crippen molar-refractivity contribution in [3.63, 3.8) is 0 Å². The molecule has 0 aliphatic heterocycles. The summed E-state index contributed by atoms with van der Waals surface area (Å²) in [5, 5.41) is 5.65. The van der Waals surface area contributed by atoms with Gasteiger partial charge in [0, 0.05) is 20.6 Å². The van der Waals surface area contributed by atoms with Gasteiger partial charge < -0.3 is 15.5 Å². The predicted octanol–water partition coefficient (Wildman–Crippen LogP) is 1.12. The van der Waals surface area contributed by atoms with Crippen molar-refractivity contribution >= 4 is 11.6 Å². The zero-order valence-corrected chi connectivity index (χ0v) is 11.1. The number of hydrogen-bond acceptors (Lipinski definition) is 3. The summed E-state index contributed by atoms with van der Waals surface area (Å²) in [7, 11) is 3.25. The van der Waals surface area contributed by atoms with Gasteiger partial charge in [0.05, 0.1) is 12.2 Å². The zero-order valence-electron chi connectivity index (χ0n) is 11.1. The molecule has 0 aliphatic carbocycles. The Morgan fingerprint density at radius 2 is 2.17 bits per heavy atom. The van der Waals surface area contributed by atoms with Crippen LogP contribution in [0.25, 0.3) is 0 Å². The summed E-state index contributed by atoms with van der Waals surface area (Å²) in [5.41, 5.74) is 1.32. The Kier molecular flexibility index (Phi) is 5.58. The van der Waals surface area contributed by atoms with Gasteiger partial charge in [-0.05, 0) is 24.2 Å². The highest BCUT2D eigenvalue weighted by atomic mass is 19.1. The van der Waals surface area contributed by atoms with E-state index in [1.165, 1.54) is 6.07 Å². The monoisotopic (exact) mass is 253 g/mol. The molecule has 1 amide bonds. The lowest BCUT2D eigenvalue weighted by Crippen LogP contribution is -2.33. The van der Waals surface area contributed by atoms with Crippen LogP contribution >= 0.6 is 0 Å². The van der Waals surface area contributed by atoms with Crippen LogP contribution in [0.15, 0.2) is 18.2 Å². The largest absolute Gasteiger partial charge is 0.363 e. The van der Waals surface area contributed by atoms with Crippen LogP contribution in [-0.4, -0.2) is 33.1 Å². The molecule has 1 aromatic rings. The van der Waals surface area contributed by atoms with E-state index in [0.29, 0.717) is 12.2 Å². The minimum absolute atomic E-state index is 0.139. The van der Waals surface area contributed by atoms with Gasteiger partial charge in [-0.1, -0.05) is 13.0 Å². The molecule has 0 saturated carbocycles. The van der Waals surface area contributed by atoms with Crippen LogP contribution in [-0.2, 0) is 11.3 Å². The number of halogens is 1. The van der Waals surface area contributed by atoms with Gasteiger partial charge in [0.15, 0.2) is 0 Å². The smallest absolute Gasteiger partial charge is 0.239 e. The lowest BCUT2D eigenvalue weighted by molar-refractivity contribution is -0.119. The van der Waals surface area contributed by atoms with Gasteiger partial charge in [-0.3, -0.25) is 4.79 Å². The van der Waals surface area contributed by atoms with E-state index in [1.54, 1.807) is 25.1 Å². The Morgan fingerprint density at radius 3 is 2.72 bits per heavy atom. The number of likely N-dealkylation sites (N-methyl/N-ethyl adjacent to an activating group) is 2. The third kappa shape index (κ3) is 4.00. The molecular weight excluding hydrogens is 233 g/mol. The molecule has 18 heavy (non-hydrogen) atoms. The molecule has 0 aromatic heterocycles. The van der Waals surface area contributed by atoms with E-state index >= 15 is 0 Å². The predicted molar refractivity (Wildman–Crippen MR) is 71.1 cm³/mol.